The third-order valence-corrected chi connectivity index (χ3v) is 0.973. The minimum Gasteiger partial charge on any atom is -0.459 e. The van der Waals surface area contributed by atoms with Crippen molar-refractivity contribution < 1.29 is 4.74 Å². The highest BCUT2D eigenvalue weighted by Crippen LogP contribution is 2.07. The summed E-state index contributed by atoms with van der Waals surface area (Å²) in [6.45, 7) is 0.534. The summed E-state index contributed by atoms with van der Waals surface area (Å²) in [6, 6.07) is 2.86. The van der Waals surface area contributed by atoms with E-state index in [2.05, 4.69) is 21.0 Å². The van der Waals surface area contributed by atoms with Crippen LogP contribution in [0.2, 0.25) is 0 Å². The van der Waals surface area contributed by atoms with Crippen LogP contribution in [0.1, 0.15) is 0 Å². The second kappa shape index (κ2) is 1.17. The van der Waals surface area contributed by atoms with Gasteiger partial charge in [0, 0.05) is 0 Å². The molecule has 8 heavy (non-hydrogen) atoms. The second-order valence-corrected chi connectivity index (χ2v) is 1.54. The quantitative estimate of drug-likeness (QED) is 0.428. The molecule has 2 heterocycles. The summed E-state index contributed by atoms with van der Waals surface area (Å²) >= 11 is 0. The van der Waals surface area contributed by atoms with E-state index in [9.17, 15) is 0 Å². The third-order valence-electron chi connectivity index (χ3n) is 0.973. The summed E-state index contributed by atoms with van der Waals surface area (Å²) in [5, 5.41) is 0. The lowest BCUT2D eigenvalue weighted by Gasteiger charge is -1.88. The third kappa shape index (κ3) is 0.375. The Morgan fingerprint density at radius 1 is 1.75 bits per heavy atom. The van der Waals surface area contributed by atoms with Crippen LogP contribution in [0, 0.1) is 0 Å². The first-order chi connectivity index (χ1) is 3.95. The van der Waals surface area contributed by atoms with E-state index in [1.165, 1.54) is 0 Å². The number of aliphatic imine (C=N–C) groups is 3. The van der Waals surface area contributed by atoms with Crippen LogP contribution in [0.4, 0.5) is 0 Å². The first-order valence-electron chi connectivity index (χ1n) is 2.31. The van der Waals surface area contributed by atoms with Crippen molar-refractivity contribution in [3.63, 3.8) is 0 Å². The minimum atomic E-state index is -0.0532. The van der Waals surface area contributed by atoms with Crippen LogP contribution in [0.3, 0.4) is 0 Å². The van der Waals surface area contributed by atoms with Crippen molar-refractivity contribution in [3.05, 3.63) is 0 Å². The van der Waals surface area contributed by atoms with Crippen molar-refractivity contribution in [3.8, 4) is 0 Å². The molecular formula is C4H3N3O. The van der Waals surface area contributed by atoms with Crippen molar-refractivity contribution in [1.82, 2.24) is 0 Å². The molecule has 0 saturated heterocycles. The summed E-state index contributed by atoms with van der Waals surface area (Å²) < 4.78 is 4.90. The highest BCUT2D eigenvalue weighted by atomic mass is 16.5. The molecule has 2 rings (SSSR count). The fraction of sp³-hybridized carbons (Fsp3) is 0.500. The number of hydrogen-bond donors (Lipinski definition) is 0. The first kappa shape index (κ1) is 3.80. The predicted molar refractivity (Wildman–Crippen MR) is 27.0 cm³/mol. The van der Waals surface area contributed by atoms with E-state index in [-0.39, 0.29) is 6.17 Å². The fourth-order valence-corrected chi connectivity index (χ4v) is 0.617. The van der Waals surface area contributed by atoms with Gasteiger partial charge in [0.15, 0.2) is 6.17 Å². The highest BCUT2D eigenvalue weighted by molar-refractivity contribution is 5.83. The van der Waals surface area contributed by atoms with Crippen molar-refractivity contribution in [2.45, 2.75) is 6.17 Å². The monoisotopic (exact) mass is 109 g/mol. The number of hydrogen-bond acceptors (Lipinski definition) is 4. The smallest absolute Gasteiger partial charge is 0.323 e. The molecule has 0 aliphatic carbocycles. The molecule has 0 N–H and O–H groups in total. The van der Waals surface area contributed by atoms with Gasteiger partial charge < -0.3 is 4.74 Å². The molecule has 0 aromatic heterocycles. The van der Waals surface area contributed by atoms with Crippen LogP contribution in [-0.2, 0) is 4.74 Å². The number of fused-ring (bicyclic) bond motifs is 1. The first-order valence-corrected chi connectivity index (χ1v) is 2.31. The Hall–Kier alpha value is -1.15. The van der Waals surface area contributed by atoms with Gasteiger partial charge in [-0.25, -0.2) is 4.99 Å². The molecule has 0 saturated carbocycles. The van der Waals surface area contributed by atoms with E-state index in [1.807, 2.05) is 0 Å². The van der Waals surface area contributed by atoms with E-state index in [4.69, 9.17) is 4.74 Å². The van der Waals surface area contributed by atoms with Gasteiger partial charge in [0.2, 0.25) is 0 Å². The van der Waals surface area contributed by atoms with Gasteiger partial charge in [-0.1, -0.05) is 0 Å². The van der Waals surface area contributed by atoms with E-state index in [0.29, 0.717) is 12.6 Å². The van der Waals surface area contributed by atoms with Gasteiger partial charge in [0.05, 0.1) is 0 Å². The Morgan fingerprint density at radius 3 is 3.50 bits per heavy atom. The van der Waals surface area contributed by atoms with Crippen LogP contribution in [-0.4, -0.2) is 24.8 Å². The second-order valence-electron chi connectivity index (χ2n) is 1.54. The summed E-state index contributed by atoms with van der Waals surface area (Å²) in [6.07, 6.45) is -0.0532. The average Bonchev–Trinajstić information content (AvgIpc) is 2.12. The van der Waals surface area contributed by atoms with Crippen molar-refractivity contribution >= 4 is 12.0 Å². The molecule has 2 aliphatic rings. The van der Waals surface area contributed by atoms with Gasteiger partial charge in [-0.2, -0.15) is 4.99 Å². The van der Waals surface area contributed by atoms with Crippen LogP contribution in [0.15, 0.2) is 15.0 Å². The molecule has 0 fully saturated rings. The lowest BCUT2D eigenvalue weighted by Crippen LogP contribution is -1.99. The molecule has 0 amide bonds. The Labute approximate surface area is 45.6 Å². The summed E-state index contributed by atoms with van der Waals surface area (Å²) in [5.41, 5.74) is 0. The largest absolute Gasteiger partial charge is 0.459 e. The van der Waals surface area contributed by atoms with E-state index in [0.717, 1.165) is 0 Å². The summed E-state index contributed by atoms with van der Waals surface area (Å²) in [7, 11) is 0. The van der Waals surface area contributed by atoms with Crippen LogP contribution in [0.5, 0.6) is 0 Å². The van der Waals surface area contributed by atoms with Gasteiger partial charge in [0.25, 0.3) is 0 Å². The number of ether oxygens (including phenoxy) is 1. The lowest BCUT2D eigenvalue weighted by atomic mass is 10.6. The molecule has 4 heteroatoms. The predicted octanol–water partition coefficient (Wildman–Crippen LogP) is -0.114. The van der Waals surface area contributed by atoms with Crippen LogP contribution in [0.25, 0.3) is 0 Å². The molecule has 1 unspecified atom stereocenters. The molecule has 1 atom stereocenters. The van der Waals surface area contributed by atoms with Gasteiger partial charge >= 0.3 is 6.02 Å². The Balaban J connectivity index is 2.46. The maximum Gasteiger partial charge on any atom is 0.323 e. The van der Waals surface area contributed by atoms with Crippen LogP contribution >= 0.6 is 0 Å². The summed E-state index contributed by atoms with van der Waals surface area (Å²) in [5.74, 6) is 0. The van der Waals surface area contributed by atoms with E-state index in [1.54, 1.807) is 0 Å². The molecule has 2 bridgehead atoms. The molecule has 0 spiro atoms. The minimum absolute atomic E-state index is 0.0532. The van der Waals surface area contributed by atoms with Crippen LogP contribution < -0.4 is 0 Å². The Bertz CT molecular complexity index is 201. The number of rotatable bonds is 0. The normalized spacial score (nSPS) is 30.0. The Morgan fingerprint density at radius 2 is 2.75 bits per heavy atom. The zero-order valence-electron chi connectivity index (χ0n) is 4.03. The van der Waals surface area contributed by atoms with Gasteiger partial charge in [-0.15, -0.1) is 4.99 Å². The van der Waals surface area contributed by atoms with Crippen molar-refractivity contribution in [2.24, 2.45) is 15.0 Å². The van der Waals surface area contributed by atoms with Gasteiger partial charge in [-0.05, 0) is 0 Å². The van der Waals surface area contributed by atoms with E-state index < -0.39 is 0 Å². The molecule has 2 aliphatic heterocycles. The zero-order valence-corrected chi connectivity index (χ0v) is 4.03. The van der Waals surface area contributed by atoms with Gasteiger partial charge in [-0.3, -0.25) is 0 Å². The Kier molecular flexibility index (Phi) is 0.556. The summed E-state index contributed by atoms with van der Waals surface area (Å²) in [4.78, 5) is 11.3. The fourth-order valence-electron chi connectivity index (χ4n) is 0.617. The number of amidine groups is 1. The molecule has 0 aromatic rings. The standard InChI is InChI=1S/C4H3N3O/c1-3-5-2-6-4(7-3)8-1/h3H,1H2. The molecule has 0 aromatic carbocycles. The number of nitrogens with zero attached hydrogens (tertiary/aromatic N) is 3. The molecule has 0 radical (unpaired) electrons. The maximum atomic E-state index is 4.90. The van der Waals surface area contributed by atoms with Crippen molar-refractivity contribution in [1.29, 1.82) is 0 Å². The van der Waals surface area contributed by atoms with E-state index >= 15 is 0 Å². The SMILES string of the molecule is C1=NC2=NC(CO2)N=1. The van der Waals surface area contributed by atoms with Gasteiger partial charge in [0.1, 0.15) is 12.6 Å². The molecule has 4 nitrogen and oxygen atoms in total. The highest BCUT2D eigenvalue weighted by Gasteiger charge is 2.18. The topological polar surface area (TPSA) is 46.3 Å². The lowest BCUT2D eigenvalue weighted by molar-refractivity contribution is 0.319. The van der Waals surface area contributed by atoms with Crippen molar-refractivity contribution in [2.75, 3.05) is 6.61 Å². The molecule has 40 valence electrons. The average molecular weight is 109 g/mol. The zero-order chi connectivity index (χ0) is 5.40. The molecular weight excluding hydrogens is 106 g/mol. The maximum absolute atomic E-state index is 4.90.